The molecule has 2 aliphatic rings. The van der Waals surface area contributed by atoms with E-state index in [2.05, 4.69) is 25.1 Å². The first kappa shape index (κ1) is 19.0. The molecule has 11 heteroatoms. The first-order chi connectivity index (χ1) is 14.5. The second-order valence-corrected chi connectivity index (χ2v) is 7.71. The summed E-state index contributed by atoms with van der Waals surface area (Å²) in [5, 5.41) is 13.4. The molecule has 8 nitrogen and oxygen atoms in total. The zero-order valence-corrected chi connectivity index (χ0v) is 16.3. The molecule has 3 aromatic heterocycles. The minimum absolute atomic E-state index is 0.115. The fourth-order valence-electron chi connectivity index (χ4n) is 4.16. The molecule has 3 aromatic rings. The van der Waals surface area contributed by atoms with Crippen LogP contribution >= 0.6 is 0 Å². The number of fused-ring (bicyclic) bond motifs is 1. The van der Waals surface area contributed by atoms with E-state index in [1.54, 1.807) is 4.90 Å². The van der Waals surface area contributed by atoms with Crippen molar-refractivity contribution in [3.05, 3.63) is 35.9 Å². The molecule has 0 unspecified atom stereocenters. The van der Waals surface area contributed by atoms with Crippen LogP contribution in [0.15, 0.2) is 24.4 Å². The van der Waals surface area contributed by atoms with Crippen LogP contribution in [0.3, 0.4) is 0 Å². The van der Waals surface area contributed by atoms with Gasteiger partial charge in [-0.05, 0) is 43.9 Å². The second kappa shape index (κ2) is 7.37. The monoisotopic (exact) mass is 418 g/mol. The molecule has 158 valence electrons. The van der Waals surface area contributed by atoms with Crippen molar-refractivity contribution in [2.75, 3.05) is 36.0 Å². The Hall–Kier alpha value is -2.98. The van der Waals surface area contributed by atoms with Gasteiger partial charge < -0.3 is 9.80 Å². The third-order valence-electron chi connectivity index (χ3n) is 5.78. The molecule has 30 heavy (non-hydrogen) atoms. The first-order valence-electron chi connectivity index (χ1n) is 10.1. The van der Waals surface area contributed by atoms with Gasteiger partial charge in [0.2, 0.25) is 5.95 Å². The Kier molecular flexibility index (Phi) is 4.67. The highest BCUT2D eigenvalue weighted by Gasteiger charge is 2.34. The van der Waals surface area contributed by atoms with Crippen LogP contribution < -0.4 is 9.80 Å². The van der Waals surface area contributed by atoms with E-state index in [-0.39, 0.29) is 11.9 Å². The Morgan fingerprint density at radius 3 is 2.40 bits per heavy atom. The summed E-state index contributed by atoms with van der Waals surface area (Å²) in [4.78, 5) is 11.8. The Morgan fingerprint density at radius 2 is 1.67 bits per heavy atom. The predicted molar refractivity (Wildman–Crippen MR) is 103 cm³/mol. The number of halogens is 3. The second-order valence-electron chi connectivity index (χ2n) is 7.71. The molecule has 0 N–H and O–H groups in total. The number of rotatable bonds is 3. The zero-order valence-electron chi connectivity index (χ0n) is 16.3. The average Bonchev–Trinajstić information content (AvgIpc) is 3.43. The van der Waals surface area contributed by atoms with Gasteiger partial charge in [-0.2, -0.15) is 17.7 Å². The van der Waals surface area contributed by atoms with E-state index < -0.39 is 11.9 Å². The SMILES string of the molecule is FC(F)(F)c1ccnc(N2CCC(c3nnc4ccc(N5CCCC5)nn34)CC2)n1. The van der Waals surface area contributed by atoms with E-state index in [1.807, 2.05) is 16.6 Å². The Bertz CT molecular complexity index is 1040. The molecule has 0 spiro atoms. The van der Waals surface area contributed by atoms with Crippen molar-refractivity contribution < 1.29 is 13.2 Å². The minimum Gasteiger partial charge on any atom is -0.355 e. The average molecular weight is 418 g/mol. The summed E-state index contributed by atoms with van der Waals surface area (Å²) < 4.78 is 40.6. The van der Waals surface area contributed by atoms with E-state index in [0.29, 0.717) is 18.7 Å². The van der Waals surface area contributed by atoms with Crippen LogP contribution in [0.5, 0.6) is 0 Å². The van der Waals surface area contributed by atoms with Crippen LogP contribution in [0, 0.1) is 0 Å². The standard InChI is InChI=1S/C19H21F3N8/c20-19(21,22)14-5-8-23-18(24-14)29-11-6-13(7-12-29)17-26-25-15-3-4-16(27-30(15)17)28-9-1-2-10-28/h3-5,8,13H,1-2,6-7,9-12H2. The summed E-state index contributed by atoms with van der Waals surface area (Å²) in [6.45, 7) is 3.11. The van der Waals surface area contributed by atoms with E-state index in [1.165, 1.54) is 12.8 Å². The largest absolute Gasteiger partial charge is 0.433 e. The van der Waals surface area contributed by atoms with Gasteiger partial charge in [-0.1, -0.05) is 0 Å². The highest BCUT2D eigenvalue weighted by molar-refractivity contribution is 5.46. The van der Waals surface area contributed by atoms with Gasteiger partial charge in [-0.15, -0.1) is 15.3 Å². The maximum absolute atomic E-state index is 12.9. The van der Waals surface area contributed by atoms with Crippen LogP contribution in [0.2, 0.25) is 0 Å². The molecule has 0 radical (unpaired) electrons. The van der Waals surface area contributed by atoms with Crippen molar-refractivity contribution in [1.82, 2.24) is 29.8 Å². The fraction of sp³-hybridized carbons (Fsp3) is 0.526. The van der Waals surface area contributed by atoms with Gasteiger partial charge in [-0.3, -0.25) is 0 Å². The molecule has 0 saturated carbocycles. The highest BCUT2D eigenvalue weighted by Crippen LogP contribution is 2.31. The van der Waals surface area contributed by atoms with Gasteiger partial charge in [0.15, 0.2) is 11.5 Å². The lowest BCUT2D eigenvalue weighted by molar-refractivity contribution is -0.141. The molecule has 0 atom stereocenters. The summed E-state index contributed by atoms with van der Waals surface area (Å²) in [6.07, 6.45) is 0.462. The van der Waals surface area contributed by atoms with Gasteiger partial charge in [0.05, 0.1) is 0 Å². The fourth-order valence-corrected chi connectivity index (χ4v) is 4.16. The van der Waals surface area contributed by atoms with Gasteiger partial charge in [0, 0.05) is 38.3 Å². The van der Waals surface area contributed by atoms with Crippen molar-refractivity contribution in [1.29, 1.82) is 0 Å². The van der Waals surface area contributed by atoms with Crippen molar-refractivity contribution in [3.8, 4) is 0 Å². The minimum atomic E-state index is -4.48. The molecular formula is C19H21F3N8. The molecular weight excluding hydrogens is 397 g/mol. The Morgan fingerprint density at radius 1 is 0.900 bits per heavy atom. The van der Waals surface area contributed by atoms with E-state index in [9.17, 15) is 13.2 Å². The van der Waals surface area contributed by atoms with E-state index in [0.717, 1.165) is 49.8 Å². The van der Waals surface area contributed by atoms with Gasteiger partial charge >= 0.3 is 6.18 Å². The molecule has 5 heterocycles. The maximum Gasteiger partial charge on any atom is 0.433 e. The smallest absolute Gasteiger partial charge is 0.355 e. The highest BCUT2D eigenvalue weighted by atomic mass is 19.4. The summed E-state index contributed by atoms with van der Waals surface area (Å²) in [7, 11) is 0. The van der Waals surface area contributed by atoms with Crippen LogP contribution in [-0.4, -0.2) is 56.0 Å². The topological polar surface area (TPSA) is 75.3 Å². The van der Waals surface area contributed by atoms with Crippen LogP contribution in [-0.2, 0) is 6.18 Å². The lowest BCUT2D eigenvalue weighted by Crippen LogP contribution is -2.35. The Labute approximate surface area is 170 Å². The first-order valence-corrected chi connectivity index (χ1v) is 10.1. The van der Waals surface area contributed by atoms with E-state index in [4.69, 9.17) is 5.10 Å². The number of piperidine rings is 1. The van der Waals surface area contributed by atoms with Crippen molar-refractivity contribution in [2.24, 2.45) is 0 Å². The summed E-state index contributed by atoms with van der Waals surface area (Å²) in [6, 6.07) is 4.80. The number of anilines is 2. The molecule has 2 aliphatic heterocycles. The Balaban J connectivity index is 1.33. The van der Waals surface area contributed by atoms with Crippen molar-refractivity contribution in [2.45, 2.75) is 37.8 Å². The summed E-state index contributed by atoms with van der Waals surface area (Å²) >= 11 is 0. The van der Waals surface area contributed by atoms with Crippen molar-refractivity contribution >= 4 is 17.4 Å². The molecule has 0 aliphatic carbocycles. The normalized spacial score (nSPS) is 18.5. The third-order valence-corrected chi connectivity index (χ3v) is 5.78. The summed E-state index contributed by atoms with van der Waals surface area (Å²) in [5.41, 5.74) is -0.215. The molecule has 0 bridgehead atoms. The van der Waals surface area contributed by atoms with Crippen molar-refractivity contribution in [3.63, 3.8) is 0 Å². The number of nitrogens with zero attached hydrogens (tertiary/aromatic N) is 8. The van der Waals surface area contributed by atoms with Crippen LogP contribution in [0.25, 0.3) is 5.65 Å². The lowest BCUT2D eigenvalue weighted by Gasteiger charge is -2.31. The van der Waals surface area contributed by atoms with Crippen LogP contribution in [0.1, 0.15) is 43.1 Å². The molecule has 5 rings (SSSR count). The van der Waals surface area contributed by atoms with Gasteiger partial charge in [0.25, 0.3) is 0 Å². The third kappa shape index (κ3) is 3.52. The predicted octanol–water partition coefficient (Wildman–Crippen LogP) is 2.92. The maximum atomic E-state index is 12.9. The molecule has 0 amide bonds. The number of hydrogen-bond donors (Lipinski definition) is 0. The van der Waals surface area contributed by atoms with Gasteiger partial charge in [0.1, 0.15) is 11.5 Å². The quantitative estimate of drug-likeness (QED) is 0.647. The van der Waals surface area contributed by atoms with E-state index >= 15 is 0 Å². The summed E-state index contributed by atoms with van der Waals surface area (Å²) in [5.74, 6) is 1.97. The number of alkyl halides is 3. The number of hydrogen-bond acceptors (Lipinski definition) is 7. The molecule has 2 fully saturated rings. The molecule has 0 aromatic carbocycles. The van der Waals surface area contributed by atoms with Crippen LogP contribution in [0.4, 0.5) is 24.9 Å². The lowest BCUT2D eigenvalue weighted by atomic mass is 9.96. The number of aromatic nitrogens is 6. The van der Waals surface area contributed by atoms with Gasteiger partial charge in [-0.25, -0.2) is 9.97 Å². The zero-order chi connectivity index (χ0) is 20.7. The molecule has 2 saturated heterocycles.